The molecule has 1 unspecified atom stereocenters. The Morgan fingerprint density at radius 1 is 0.971 bits per heavy atom. The Labute approximate surface area is 204 Å². The Balaban J connectivity index is 1.08. The predicted octanol–water partition coefficient (Wildman–Crippen LogP) is 3.02. The molecule has 2 aromatic carbocycles. The lowest BCUT2D eigenvalue weighted by molar-refractivity contribution is -0.0120. The molecular formula is C28H39N5O. The summed E-state index contributed by atoms with van der Waals surface area (Å²) in [5.74, 6) is 1.60. The molecule has 2 bridgehead atoms. The highest BCUT2D eigenvalue weighted by Crippen LogP contribution is 2.36. The van der Waals surface area contributed by atoms with Crippen molar-refractivity contribution in [3.63, 3.8) is 0 Å². The highest BCUT2D eigenvalue weighted by atomic mass is 16.1. The van der Waals surface area contributed by atoms with E-state index in [9.17, 15) is 4.79 Å². The monoisotopic (exact) mass is 461 g/mol. The highest BCUT2D eigenvalue weighted by molar-refractivity contribution is 5.94. The number of carbonyl (C=O) groups excluding carboxylic acids is 1. The van der Waals surface area contributed by atoms with E-state index in [1.807, 2.05) is 43.3 Å². The van der Waals surface area contributed by atoms with Gasteiger partial charge < -0.3 is 15.1 Å². The SMILES string of the molecule is CN(C)c1ccc(C(=O)NC[C@H]2C[C@@H]3CCN2C[C@@H]3CN2CCN(c3ccccc3)CC2)cc1. The first kappa shape index (κ1) is 23.2. The second-order valence-electron chi connectivity index (χ2n) is 10.5. The molecule has 6 heteroatoms. The molecule has 0 saturated carbocycles. The number of piperidine rings is 3. The summed E-state index contributed by atoms with van der Waals surface area (Å²) in [6.07, 6.45) is 2.53. The Hall–Kier alpha value is -2.57. The van der Waals surface area contributed by atoms with Crippen molar-refractivity contribution in [3.05, 3.63) is 60.2 Å². The lowest BCUT2D eigenvalue weighted by Gasteiger charge is -2.51. The average molecular weight is 462 g/mol. The number of amides is 1. The number of fused-ring (bicyclic) bond motifs is 3. The van der Waals surface area contributed by atoms with E-state index in [-0.39, 0.29) is 5.91 Å². The third-order valence-corrected chi connectivity index (χ3v) is 8.14. The van der Waals surface area contributed by atoms with Crippen LogP contribution in [0.3, 0.4) is 0 Å². The van der Waals surface area contributed by atoms with Gasteiger partial charge >= 0.3 is 0 Å². The zero-order valence-electron chi connectivity index (χ0n) is 20.7. The summed E-state index contributed by atoms with van der Waals surface area (Å²) in [7, 11) is 4.03. The molecule has 6 rings (SSSR count). The van der Waals surface area contributed by atoms with Gasteiger partial charge in [-0.25, -0.2) is 0 Å². The van der Waals surface area contributed by atoms with Crippen LogP contribution in [0.2, 0.25) is 0 Å². The maximum atomic E-state index is 12.7. The minimum Gasteiger partial charge on any atom is -0.378 e. The van der Waals surface area contributed by atoms with Crippen molar-refractivity contribution in [2.75, 3.05) is 76.3 Å². The molecule has 4 saturated heterocycles. The van der Waals surface area contributed by atoms with Crippen LogP contribution >= 0.6 is 0 Å². The van der Waals surface area contributed by atoms with Gasteiger partial charge in [-0.1, -0.05) is 18.2 Å². The molecular weight excluding hydrogens is 422 g/mol. The normalized spacial score (nSPS) is 26.9. The smallest absolute Gasteiger partial charge is 0.251 e. The quantitative estimate of drug-likeness (QED) is 0.687. The third-order valence-electron chi connectivity index (χ3n) is 8.14. The van der Waals surface area contributed by atoms with Crippen LogP contribution in [0.15, 0.2) is 54.6 Å². The van der Waals surface area contributed by atoms with E-state index >= 15 is 0 Å². The summed E-state index contributed by atoms with van der Waals surface area (Å²) in [5, 5.41) is 3.21. The summed E-state index contributed by atoms with van der Waals surface area (Å²) in [4.78, 5) is 22.6. The third kappa shape index (κ3) is 5.23. The highest BCUT2D eigenvalue weighted by Gasteiger charge is 2.40. The fourth-order valence-corrected chi connectivity index (χ4v) is 6.05. The molecule has 0 aliphatic carbocycles. The number of para-hydroxylation sites is 1. The average Bonchev–Trinajstić information content (AvgIpc) is 2.89. The molecule has 4 aliphatic heterocycles. The molecule has 1 N–H and O–H groups in total. The van der Waals surface area contributed by atoms with Gasteiger partial charge in [-0.05, 0) is 67.6 Å². The molecule has 0 radical (unpaired) electrons. The lowest BCUT2D eigenvalue weighted by atomic mass is 9.75. The summed E-state index contributed by atoms with van der Waals surface area (Å²) < 4.78 is 0. The number of hydrogen-bond donors (Lipinski definition) is 1. The Kier molecular flexibility index (Phi) is 7.07. The first-order valence-electron chi connectivity index (χ1n) is 12.9. The summed E-state index contributed by atoms with van der Waals surface area (Å²) in [6.45, 7) is 8.90. The van der Waals surface area contributed by atoms with Crippen LogP contribution in [0, 0.1) is 11.8 Å². The van der Waals surface area contributed by atoms with Gasteiger partial charge in [0.25, 0.3) is 5.91 Å². The first-order chi connectivity index (χ1) is 16.6. The molecule has 4 aliphatic rings. The van der Waals surface area contributed by atoms with Crippen molar-refractivity contribution in [1.82, 2.24) is 15.1 Å². The van der Waals surface area contributed by atoms with E-state index in [0.29, 0.717) is 6.04 Å². The second kappa shape index (κ2) is 10.4. The van der Waals surface area contributed by atoms with Crippen molar-refractivity contribution in [1.29, 1.82) is 0 Å². The summed E-state index contributed by atoms with van der Waals surface area (Å²) >= 11 is 0. The number of hydrogen-bond acceptors (Lipinski definition) is 5. The van der Waals surface area contributed by atoms with E-state index in [2.05, 4.69) is 50.3 Å². The number of rotatable bonds is 7. The fraction of sp³-hybridized carbons (Fsp3) is 0.536. The largest absolute Gasteiger partial charge is 0.378 e. The molecule has 182 valence electrons. The predicted molar refractivity (Wildman–Crippen MR) is 140 cm³/mol. The molecule has 1 amide bonds. The zero-order valence-corrected chi connectivity index (χ0v) is 20.7. The maximum Gasteiger partial charge on any atom is 0.251 e. The van der Waals surface area contributed by atoms with E-state index in [1.54, 1.807) is 0 Å². The van der Waals surface area contributed by atoms with Crippen LogP contribution in [0.4, 0.5) is 11.4 Å². The lowest BCUT2D eigenvalue weighted by Crippen LogP contribution is -2.59. The number of carbonyl (C=O) groups is 1. The number of anilines is 2. The van der Waals surface area contributed by atoms with Crippen LogP contribution in [-0.4, -0.2) is 88.2 Å². The molecule has 0 aromatic heterocycles. The van der Waals surface area contributed by atoms with Gasteiger partial charge in [-0.2, -0.15) is 0 Å². The van der Waals surface area contributed by atoms with Gasteiger partial charge in [0, 0.05) is 82.9 Å². The number of benzene rings is 2. The van der Waals surface area contributed by atoms with E-state index < -0.39 is 0 Å². The molecule has 2 aromatic rings. The first-order valence-corrected chi connectivity index (χ1v) is 12.9. The minimum atomic E-state index is 0.0424. The topological polar surface area (TPSA) is 42.1 Å². The number of piperazine rings is 1. The van der Waals surface area contributed by atoms with Gasteiger partial charge in [0.1, 0.15) is 0 Å². The van der Waals surface area contributed by atoms with Crippen molar-refractivity contribution in [2.24, 2.45) is 11.8 Å². The minimum absolute atomic E-state index is 0.0424. The zero-order chi connectivity index (χ0) is 23.5. The summed E-state index contributed by atoms with van der Waals surface area (Å²) in [6, 6.07) is 19.1. The number of nitrogens with one attached hydrogen (secondary N) is 1. The molecule has 4 fully saturated rings. The Morgan fingerprint density at radius 3 is 2.35 bits per heavy atom. The number of nitrogens with zero attached hydrogens (tertiary/aromatic N) is 4. The van der Waals surface area contributed by atoms with Crippen LogP contribution < -0.4 is 15.1 Å². The van der Waals surface area contributed by atoms with E-state index in [4.69, 9.17) is 0 Å². The molecule has 34 heavy (non-hydrogen) atoms. The van der Waals surface area contributed by atoms with E-state index in [0.717, 1.165) is 55.8 Å². The van der Waals surface area contributed by atoms with Gasteiger partial charge in [-0.15, -0.1) is 0 Å². The molecule has 0 spiro atoms. The van der Waals surface area contributed by atoms with Gasteiger partial charge in [-0.3, -0.25) is 14.6 Å². The summed E-state index contributed by atoms with van der Waals surface area (Å²) in [5.41, 5.74) is 3.21. The Bertz CT molecular complexity index is 939. The van der Waals surface area contributed by atoms with Crippen LogP contribution in [-0.2, 0) is 0 Å². The van der Waals surface area contributed by atoms with Crippen molar-refractivity contribution >= 4 is 17.3 Å². The van der Waals surface area contributed by atoms with Crippen molar-refractivity contribution in [3.8, 4) is 0 Å². The van der Waals surface area contributed by atoms with Crippen LogP contribution in [0.5, 0.6) is 0 Å². The van der Waals surface area contributed by atoms with Crippen LogP contribution in [0.25, 0.3) is 0 Å². The van der Waals surface area contributed by atoms with Gasteiger partial charge in [0.15, 0.2) is 0 Å². The Morgan fingerprint density at radius 2 is 1.71 bits per heavy atom. The standard InChI is InChI=1S/C28H39N5O/c1-30(2)25-10-8-22(9-11-25)28(34)29-19-27-18-23-12-13-33(27)21-24(23)20-31-14-16-32(17-15-31)26-6-4-3-5-7-26/h3-11,23-24,27H,12-21H2,1-2H3,(H,29,34)/t23-,24-,27+/m0/s1. The van der Waals surface area contributed by atoms with Gasteiger partial charge in [0.2, 0.25) is 0 Å². The molecule has 6 nitrogen and oxygen atoms in total. The molecule has 4 heterocycles. The fourth-order valence-electron chi connectivity index (χ4n) is 6.05. The van der Waals surface area contributed by atoms with Crippen molar-refractivity contribution in [2.45, 2.75) is 18.9 Å². The maximum absolute atomic E-state index is 12.7. The second-order valence-corrected chi connectivity index (χ2v) is 10.5. The van der Waals surface area contributed by atoms with E-state index in [1.165, 1.54) is 38.2 Å². The molecule has 4 atom stereocenters. The van der Waals surface area contributed by atoms with Gasteiger partial charge in [0.05, 0.1) is 0 Å². The van der Waals surface area contributed by atoms with Crippen LogP contribution in [0.1, 0.15) is 23.2 Å². The van der Waals surface area contributed by atoms with Crippen molar-refractivity contribution < 1.29 is 4.79 Å².